The molecule has 0 bridgehead atoms. The summed E-state index contributed by atoms with van der Waals surface area (Å²) in [7, 11) is 0. The van der Waals surface area contributed by atoms with E-state index in [1.54, 1.807) is 15.9 Å². The van der Waals surface area contributed by atoms with Gasteiger partial charge < -0.3 is 0 Å². The summed E-state index contributed by atoms with van der Waals surface area (Å²) in [6.07, 6.45) is 3.09. The van der Waals surface area contributed by atoms with Crippen LogP contribution < -0.4 is 0 Å². The molecule has 0 saturated heterocycles. The van der Waals surface area contributed by atoms with Crippen LogP contribution in [0.15, 0.2) is 24.3 Å². The number of aromatic nitrogens is 3. The Labute approximate surface area is 140 Å². The summed E-state index contributed by atoms with van der Waals surface area (Å²) in [6.45, 7) is 6.54. The minimum absolute atomic E-state index is 0.523. The summed E-state index contributed by atoms with van der Waals surface area (Å²) in [4.78, 5) is 5.45. The lowest BCUT2D eigenvalue weighted by Gasteiger charge is -2.09. The number of rotatable bonds is 5. The van der Waals surface area contributed by atoms with Crippen LogP contribution in [0.4, 0.5) is 0 Å². The summed E-state index contributed by atoms with van der Waals surface area (Å²) in [5, 5.41) is 15.1. The molecule has 0 aliphatic rings. The second-order valence-corrected chi connectivity index (χ2v) is 6.83. The van der Waals surface area contributed by atoms with Crippen LogP contribution in [0.25, 0.3) is 16.2 Å². The predicted molar refractivity (Wildman–Crippen MR) is 93.7 cm³/mol. The van der Waals surface area contributed by atoms with E-state index in [9.17, 15) is 5.26 Å². The lowest BCUT2D eigenvalue weighted by molar-refractivity contribution is 0.734. The average Bonchev–Trinajstić information content (AvgIpc) is 3.11. The molecular formula is C18H20N4S. The van der Waals surface area contributed by atoms with Gasteiger partial charge in [-0.25, -0.2) is 4.98 Å². The molecule has 0 radical (unpaired) electrons. The highest BCUT2D eigenvalue weighted by molar-refractivity contribution is 7.16. The zero-order chi connectivity index (χ0) is 16.4. The van der Waals surface area contributed by atoms with Crippen molar-refractivity contribution in [3.63, 3.8) is 0 Å². The van der Waals surface area contributed by atoms with Crippen LogP contribution in [-0.2, 0) is 6.42 Å². The number of nitrogens with zero attached hydrogens (tertiary/aromatic N) is 4. The van der Waals surface area contributed by atoms with E-state index in [1.807, 2.05) is 0 Å². The largest absolute Gasteiger partial charge is 0.216 e. The summed E-state index contributed by atoms with van der Waals surface area (Å²) in [5.41, 5.74) is 3.54. The molecule has 0 spiro atoms. The molecule has 5 heteroatoms. The van der Waals surface area contributed by atoms with Crippen LogP contribution >= 0.6 is 11.3 Å². The van der Waals surface area contributed by atoms with Crippen molar-refractivity contribution >= 4 is 16.3 Å². The average molecular weight is 324 g/mol. The smallest absolute Gasteiger partial charge is 0.214 e. The van der Waals surface area contributed by atoms with Gasteiger partial charge in [0.25, 0.3) is 0 Å². The highest BCUT2D eigenvalue weighted by atomic mass is 32.1. The molecule has 2 heterocycles. The van der Waals surface area contributed by atoms with E-state index in [0.29, 0.717) is 11.6 Å². The van der Waals surface area contributed by atoms with Gasteiger partial charge in [-0.1, -0.05) is 56.4 Å². The normalized spacial score (nSPS) is 12.4. The van der Waals surface area contributed by atoms with Crippen molar-refractivity contribution in [2.45, 2.75) is 46.0 Å². The minimum atomic E-state index is 0.523. The Morgan fingerprint density at radius 2 is 2.00 bits per heavy atom. The van der Waals surface area contributed by atoms with E-state index in [0.717, 1.165) is 40.5 Å². The molecule has 4 nitrogen and oxygen atoms in total. The van der Waals surface area contributed by atoms with Crippen LogP contribution in [0.2, 0.25) is 0 Å². The predicted octanol–water partition coefficient (Wildman–Crippen LogP) is 4.80. The van der Waals surface area contributed by atoms with Gasteiger partial charge >= 0.3 is 0 Å². The van der Waals surface area contributed by atoms with Crippen molar-refractivity contribution in [2.24, 2.45) is 0 Å². The Morgan fingerprint density at radius 1 is 1.26 bits per heavy atom. The van der Waals surface area contributed by atoms with Gasteiger partial charge in [-0.15, -0.1) is 0 Å². The first-order chi connectivity index (χ1) is 11.2. The van der Waals surface area contributed by atoms with Gasteiger partial charge in [0.15, 0.2) is 5.69 Å². The molecule has 0 aliphatic heterocycles. The SMILES string of the molecule is CCCc1nn2c(C#N)c(-c3ccc(C(C)CC)cc3)nc2s1. The topological polar surface area (TPSA) is 54.0 Å². The Balaban J connectivity index is 2.02. The van der Waals surface area contributed by atoms with Gasteiger partial charge in [0.05, 0.1) is 0 Å². The van der Waals surface area contributed by atoms with E-state index in [1.165, 1.54) is 5.56 Å². The Bertz CT molecular complexity index is 852. The Morgan fingerprint density at radius 3 is 2.61 bits per heavy atom. The van der Waals surface area contributed by atoms with Crippen molar-refractivity contribution in [1.29, 1.82) is 5.26 Å². The van der Waals surface area contributed by atoms with Crippen molar-refractivity contribution in [2.75, 3.05) is 0 Å². The zero-order valence-electron chi connectivity index (χ0n) is 13.7. The number of nitriles is 1. The monoisotopic (exact) mass is 324 g/mol. The van der Waals surface area contributed by atoms with Crippen LogP contribution in [0.5, 0.6) is 0 Å². The second kappa shape index (κ2) is 6.51. The molecule has 0 N–H and O–H groups in total. The number of imidazole rings is 1. The second-order valence-electron chi connectivity index (χ2n) is 5.79. The molecule has 2 aromatic heterocycles. The van der Waals surface area contributed by atoms with E-state index in [4.69, 9.17) is 0 Å². The minimum Gasteiger partial charge on any atom is -0.216 e. The van der Waals surface area contributed by atoms with Gasteiger partial charge in [-0.05, 0) is 24.3 Å². The van der Waals surface area contributed by atoms with E-state index < -0.39 is 0 Å². The number of fused-ring (bicyclic) bond motifs is 1. The number of hydrogen-bond acceptors (Lipinski definition) is 4. The first-order valence-corrected chi connectivity index (χ1v) is 8.88. The first-order valence-electron chi connectivity index (χ1n) is 8.06. The number of hydrogen-bond donors (Lipinski definition) is 0. The molecule has 1 aromatic carbocycles. The summed E-state index contributed by atoms with van der Waals surface area (Å²) in [6, 6.07) is 10.6. The lowest BCUT2D eigenvalue weighted by atomic mass is 9.97. The quantitative estimate of drug-likeness (QED) is 0.677. The maximum absolute atomic E-state index is 9.54. The fraction of sp³-hybridized carbons (Fsp3) is 0.389. The summed E-state index contributed by atoms with van der Waals surface area (Å²) >= 11 is 1.57. The van der Waals surface area contributed by atoms with Crippen molar-refractivity contribution in [3.8, 4) is 17.3 Å². The van der Waals surface area contributed by atoms with E-state index in [2.05, 4.69) is 61.2 Å². The zero-order valence-corrected chi connectivity index (χ0v) is 14.5. The van der Waals surface area contributed by atoms with Gasteiger partial charge in [0, 0.05) is 12.0 Å². The summed E-state index contributed by atoms with van der Waals surface area (Å²) < 4.78 is 1.69. The van der Waals surface area contributed by atoms with Gasteiger partial charge in [0.1, 0.15) is 16.8 Å². The van der Waals surface area contributed by atoms with E-state index in [-0.39, 0.29) is 0 Å². The lowest BCUT2D eigenvalue weighted by Crippen LogP contribution is -1.93. The molecule has 3 aromatic rings. The molecule has 3 rings (SSSR count). The fourth-order valence-electron chi connectivity index (χ4n) is 2.61. The van der Waals surface area contributed by atoms with Crippen molar-refractivity contribution in [3.05, 3.63) is 40.5 Å². The third-order valence-corrected chi connectivity index (χ3v) is 5.15. The molecule has 1 atom stereocenters. The first kappa shape index (κ1) is 15.7. The van der Waals surface area contributed by atoms with Crippen LogP contribution in [-0.4, -0.2) is 14.6 Å². The number of benzene rings is 1. The standard InChI is InChI=1S/C18H20N4S/c1-4-6-16-21-22-15(11-19)17(20-18(22)23-16)14-9-7-13(8-10-14)12(3)5-2/h7-10,12H,4-6H2,1-3H3. The molecule has 0 amide bonds. The third-order valence-electron chi connectivity index (χ3n) is 4.18. The maximum Gasteiger partial charge on any atom is 0.214 e. The highest BCUT2D eigenvalue weighted by Crippen LogP contribution is 2.28. The molecule has 0 aliphatic carbocycles. The molecule has 0 saturated carbocycles. The van der Waals surface area contributed by atoms with Crippen LogP contribution in [0.3, 0.4) is 0 Å². The molecule has 23 heavy (non-hydrogen) atoms. The molecule has 0 fully saturated rings. The van der Waals surface area contributed by atoms with Crippen LogP contribution in [0.1, 0.15) is 55.8 Å². The van der Waals surface area contributed by atoms with Crippen LogP contribution in [0, 0.1) is 11.3 Å². The molecular weight excluding hydrogens is 304 g/mol. The maximum atomic E-state index is 9.54. The van der Waals surface area contributed by atoms with Crippen molar-refractivity contribution in [1.82, 2.24) is 14.6 Å². The molecule has 118 valence electrons. The van der Waals surface area contributed by atoms with Gasteiger partial charge in [-0.3, -0.25) is 0 Å². The Hall–Kier alpha value is -2.19. The highest BCUT2D eigenvalue weighted by Gasteiger charge is 2.17. The Kier molecular flexibility index (Phi) is 4.44. The molecule has 1 unspecified atom stereocenters. The van der Waals surface area contributed by atoms with Crippen molar-refractivity contribution < 1.29 is 0 Å². The number of aryl methyl sites for hydroxylation is 1. The fourth-order valence-corrected chi connectivity index (χ4v) is 3.60. The van der Waals surface area contributed by atoms with Gasteiger partial charge in [-0.2, -0.15) is 14.9 Å². The summed E-state index contributed by atoms with van der Waals surface area (Å²) in [5.74, 6) is 0.545. The third kappa shape index (κ3) is 2.87. The van der Waals surface area contributed by atoms with Gasteiger partial charge in [0.2, 0.25) is 4.96 Å². The van der Waals surface area contributed by atoms with E-state index >= 15 is 0 Å².